The molecule has 0 saturated heterocycles. The van der Waals surface area contributed by atoms with Gasteiger partial charge >= 0.3 is 0 Å². The second-order valence-electron chi connectivity index (χ2n) is 6.81. The van der Waals surface area contributed by atoms with Crippen LogP contribution in [0.25, 0.3) is 0 Å². The summed E-state index contributed by atoms with van der Waals surface area (Å²) < 4.78 is 40.8. The van der Waals surface area contributed by atoms with Crippen LogP contribution in [0.4, 0.5) is 21.6 Å². The lowest BCUT2D eigenvalue weighted by atomic mass is 10.0. The van der Waals surface area contributed by atoms with Gasteiger partial charge in [0.15, 0.2) is 0 Å². The highest BCUT2D eigenvalue weighted by molar-refractivity contribution is 7.92. The number of benzene rings is 2. The molecule has 0 aliphatic carbocycles. The molecule has 0 spiro atoms. The number of hydrogen-bond donors (Lipinski definition) is 2. The summed E-state index contributed by atoms with van der Waals surface area (Å²) in [6.07, 6.45) is 1.44. The summed E-state index contributed by atoms with van der Waals surface area (Å²) >= 11 is 0. The zero-order chi connectivity index (χ0) is 20.3. The van der Waals surface area contributed by atoms with E-state index in [9.17, 15) is 12.8 Å². The zero-order valence-electron chi connectivity index (χ0n) is 15.9. The number of nitrogens with zero attached hydrogens (tertiary/aromatic N) is 1. The van der Waals surface area contributed by atoms with Crippen molar-refractivity contribution in [3.8, 4) is 0 Å². The predicted octanol–water partition coefficient (Wildman–Crippen LogP) is 5.20. The fraction of sp³-hybridized carbons (Fsp3) is 0.190. The minimum Gasteiger partial charge on any atom is -0.340 e. The molecular weight excluding hydrogens is 377 g/mol. The van der Waals surface area contributed by atoms with Crippen molar-refractivity contribution in [2.45, 2.75) is 31.6 Å². The van der Waals surface area contributed by atoms with Gasteiger partial charge in [-0.1, -0.05) is 32.0 Å². The van der Waals surface area contributed by atoms with Gasteiger partial charge in [-0.3, -0.25) is 4.72 Å². The van der Waals surface area contributed by atoms with Gasteiger partial charge in [-0.2, -0.15) is 0 Å². The first-order valence-electron chi connectivity index (χ1n) is 8.87. The van der Waals surface area contributed by atoms with Crippen molar-refractivity contribution in [1.29, 1.82) is 0 Å². The van der Waals surface area contributed by atoms with E-state index in [4.69, 9.17) is 0 Å². The maximum atomic E-state index is 13.2. The van der Waals surface area contributed by atoms with E-state index in [1.165, 1.54) is 23.9 Å². The molecule has 0 saturated carbocycles. The zero-order valence-corrected chi connectivity index (χ0v) is 16.7. The van der Waals surface area contributed by atoms with E-state index in [0.29, 0.717) is 23.0 Å². The molecule has 1 heterocycles. The van der Waals surface area contributed by atoms with Crippen LogP contribution in [0.1, 0.15) is 30.9 Å². The molecule has 2 N–H and O–H groups in total. The average Bonchev–Trinajstić information content (AvgIpc) is 2.63. The molecule has 5 nitrogen and oxygen atoms in total. The largest absolute Gasteiger partial charge is 0.340 e. The van der Waals surface area contributed by atoms with Crippen LogP contribution in [-0.2, 0) is 10.0 Å². The third-order valence-corrected chi connectivity index (χ3v) is 5.83. The van der Waals surface area contributed by atoms with Crippen LogP contribution in [0.2, 0.25) is 0 Å². The molecule has 0 amide bonds. The van der Waals surface area contributed by atoms with Gasteiger partial charge in [0.2, 0.25) is 0 Å². The van der Waals surface area contributed by atoms with Gasteiger partial charge in [0.25, 0.3) is 10.0 Å². The fourth-order valence-electron chi connectivity index (χ4n) is 2.90. The molecule has 0 aliphatic rings. The Bertz CT molecular complexity index is 1080. The van der Waals surface area contributed by atoms with E-state index < -0.39 is 15.8 Å². The highest BCUT2D eigenvalue weighted by Crippen LogP contribution is 2.27. The van der Waals surface area contributed by atoms with Gasteiger partial charge in [-0.15, -0.1) is 0 Å². The lowest BCUT2D eigenvalue weighted by molar-refractivity contribution is 0.598. The molecule has 0 aliphatic heterocycles. The van der Waals surface area contributed by atoms with Crippen molar-refractivity contribution in [2.75, 3.05) is 10.0 Å². The summed E-state index contributed by atoms with van der Waals surface area (Å²) in [5.74, 6) is 0.484. The van der Waals surface area contributed by atoms with Crippen LogP contribution in [-0.4, -0.2) is 13.4 Å². The summed E-state index contributed by atoms with van der Waals surface area (Å²) in [5, 5.41) is 3.26. The van der Waals surface area contributed by atoms with Gasteiger partial charge in [-0.05, 0) is 60.4 Å². The number of halogens is 1. The first-order valence-corrected chi connectivity index (χ1v) is 10.4. The fourth-order valence-corrected chi connectivity index (χ4v) is 4.18. The van der Waals surface area contributed by atoms with Crippen LogP contribution < -0.4 is 10.0 Å². The average molecular weight is 399 g/mol. The standard InChI is InChI=1S/C21H22FN3O2S/c1-14(2)18-6-4-5-7-19(18)24-21-11-9-17(13-23-21)25-28(26,27)20-10-8-16(22)12-15(20)3/h4-14,25H,1-3H3,(H,23,24). The molecule has 1 aromatic heterocycles. The predicted molar refractivity (Wildman–Crippen MR) is 110 cm³/mol. The van der Waals surface area contributed by atoms with Gasteiger partial charge in [0.05, 0.1) is 16.8 Å². The lowest BCUT2D eigenvalue weighted by Crippen LogP contribution is -2.14. The van der Waals surface area contributed by atoms with Crippen molar-refractivity contribution >= 4 is 27.2 Å². The first kappa shape index (κ1) is 19.8. The van der Waals surface area contributed by atoms with Crippen molar-refractivity contribution in [3.63, 3.8) is 0 Å². The van der Waals surface area contributed by atoms with Gasteiger partial charge in [0, 0.05) is 5.69 Å². The van der Waals surface area contributed by atoms with E-state index in [2.05, 4.69) is 34.9 Å². The summed E-state index contributed by atoms with van der Waals surface area (Å²) in [6.45, 7) is 5.78. The number of sulfonamides is 1. The van der Waals surface area contributed by atoms with Crippen LogP contribution in [0.3, 0.4) is 0 Å². The Balaban J connectivity index is 1.78. The number of rotatable bonds is 6. The monoisotopic (exact) mass is 399 g/mol. The molecule has 2 aromatic carbocycles. The summed E-state index contributed by atoms with van der Waals surface area (Å²) in [4.78, 5) is 4.32. The van der Waals surface area contributed by atoms with Crippen molar-refractivity contribution in [1.82, 2.24) is 4.98 Å². The highest BCUT2D eigenvalue weighted by atomic mass is 32.2. The van der Waals surface area contributed by atoms with Crippen LogP contribution in [0, 0.1) is 12.7 Å². The van der Waals surface area contributed by atoms with Crippen LogP contribution in [0.15, 0.2) is 65.7 Å². The van der Waals surface area contributed by atoms with Crippen molar-refractivity contribution in [2.24, 2.45) is 0 Å². The molecule has 0 radical (unpaired) electrons. The maximum Gasteiger partial charge on any atom is 0.262 e. The topological polar surface area (TPSA) is 71.1 Å². The SMILES string of the molecule is Cc1cc(F)ccc1S(=O)(=O)Nc1ccc(Nc2ccccc2C(C)C)nc1. The molecule has 0 bridgehead atoms. The van der Waals surface area contributed by atoms with E-state index in [0.717, 1.165) is 11.8 Å². The maximum absolute atomic E-state index is 13.2. The van der Waals surface area contributed by atoms with Gasteiger partial charge in [-0.25, -0.2) is 17.8 Å². The molecule has 3 rings (SSSR count). The van der Waals surface area contributed by atoms with Crippen LogP contribution >= 0.6 is 0 Å². The third kappa shape index (κ3) is 4.48. The Hall–Kier alpha value is -2.93. The smallest absolute Gasteiger partial charge is 0.262 e. The lowest BCUT2D eigenvalue weighted by Gasteiger charge is -2.14. The first-order chi connectivity index (χ1) is 13.3. The van der Waals surface area contributed by atoms with Gasteiger partial charge < -0.3 is 5.32 Å². The molecule has 28 heavy (non-hydrogen) atoms. The summed E-state index contributed by atoms with van der Waals surface area (Å²) in [6, 6.07) is 14.9. The number of hydrogen-bond acceptors (Lipinski definition) is 4. The summed E-state index contributed by atoms with van der Waals surface area (Å²) in [5.41, 5.74) is 2.79. The van der Waals surface area contributed by atoms with E-state index >= 15 is 0 Å². The number of anilines is 3. The molecule has 146 valence electrons. The Kier molecular flexibility index (Phi) is 5.65. The van der Waals surface area contributed by atoms with Gasteiger partial charge in [0.1, 0.15) is 11.6 Å². The van der Waals surface area contributed by atoms with E-state index in [1.807, 2.05) is 18.2 Å². The molecular formula is C21H22FN3O2S. The molecule has 3 aromatic rings. The second-order valence-corrected chi connectivity index (χ2v) is 8.47. The molecule has 0 unspecified atom stereocenters. The normalized spacial score (nSPS) is 11.5. The number of aromatic nitrogens is 1. The third-order valence-electron chi connectivity index (χ3n) is 4.29. The van der Waals surface area contributed by atoms with Crippen LogP contribution in [0.5, 0.6) is 0 Å². The van der Waals surface area contributed by atoms with E-state index in [-0.39, 0.29) is 4.90 Å². The number of nitrogens with one attached hydrogen (secondary N) is 2. The molecule has 0 fully saturated rings. The Morgan fingerprint density at radius 3 is 2.43 bits per heavy atom. The quantitative estimate of drug-likeness (QED) is 0.598. The van der Waals surface area contributed by atoms with E-state index in [1.54, 1.807) is 19.1 Å². The Labute approximate surface area is 164 Å². The minimum absolute atomic E-state index is 0.0296. The number of para-hydroxylation sites is 1. The Morgan fingerprint density at radius 1 is 1.04 bits per heavy atom. The number of pyridine rings is 1. The van der Waals surface area contributed by atoms with Crippen molar-refractivity contribution in [3.05, 3.63) is 77.7 Å². The number of aryl methyl sites for hydroxylation is 1. The second kappa shape index (κ2) is 7.98. The van der Waals surface area contributed by atoms with Crippen molar-refractivity contribution < 1.29 is 12.8 Å². The summed E-state index contributed by atoms with van der Waals surface area (Å²) in [7, 11) is -3.83. The molecule has 7 heteroatoms. The molecule has 0 atom stereocenters. The highest BCUT2D eigenvalue weighted by Gasteiger charge is 2.17. The minimum atomic E-state index is -3.83. The Morgan fingerprint density at radius 2 is 1.79 bits per heavy atom.